The van der Waals surface area contributed by atoms with Gasteiger partial charge >= 0.3 is 0 Å². The van der Waals surface area contributed by atoms with E-state index in [9.17, 15) is 9.59 Å². The second-order valence-corrected chi connectivity index (χ2v) is 6.64. The lowest BCUT2D eigenvalue weighted by molar-refractivity contribution is 0.0993. The molecule has 5 heteroatoms. The molecule has 0 amide bonds. The lowest BCUT2D eigenvalue weighted by atomic mass is 9.95. The highest BCUT2D eigenvalue weighted by Gasteiger charge is 2.13. The Balaban J connectivity index is 1.98. The highest BCUT2D eigenvalue weighted by atomic mass is 79.9. The number of nitrogens with zero attached hydrogens (tertiary/aromatic N) is 2. The molecule has 0 aliphatic rings. The zero-order valence-corrected chi connectivity index (χ0v) is 15.6. The van der Waals surface area contributed by atoms with Crippen LogP contribution < -0.4 is 5.56 Å². The van der Waals surface area contributed by atoms with Crippen molar-refractivity contribution in [2.75, 3.05) is 0 Å². The number of aromatic nitrogens is 2. The van der Waals surface area contributed by atoms with Gasteiger partial charge in [0.05, 0.1) is 5.69 Å². The molecule has 3 aromatic rings. The van der Waals surface area contributed by atoms with E-state index in [4.69, 9.17) is 0 Å². The molecule has 0 aliphatic heterocycles. The Morgan fingerprint density at radius 3 is 2.52 bits per heavy atom. The van der Waals surface area contributed by atoms with Crippen LogP contribution in [0.15, 0.2) is 64.1 Å². The molecule has 0 spiro atoms. The number of benzene rings is 2. The standard InChI is InChI=1S/C20H17BrN2O2/c1-13-15(11-18(24)14-7-4-3-5-8-14)9-6-10-16(13)17-12-23(2)20(25)19(21)22-17/h3-10,12H,11H2,1-2H3. The van der Waals surface area contributed by atoms with E-state index in [1.165, 1.54) is 4.57 Å². The predicted molar refractivity (Wildman–Crippen MR) is 102 cm³/mol. The van der Waals surface area contributed by atoms with Crippen molar-refractivity contribution in [2.24, 2.45) is 7.05 Å². The second-order valence-electron chi connectivity index (χ2n) is 5.89. The first kappa shape index (κ1) is 17.3. The van der Waals surface area contributed by atoms with Crippen LogP contribution in [0.4, 0.5) is 0 Å². The molecule has 25 heavy (non-hydrogen) atoms. The fraction of sp³-hybridized carbons (Fsp3) is 0.150. The number of aryl methyl sites for hydroxylation is 1. The lowest BCUT2D eigenvalue weighted by Gasteiger charge is -2.12. The SMILES string of the molecule is Cc1c(CC(=O)c2ccccc2)cccc1-c1cn(C)c(=O)c(Br)n1. The van der Waals surface area contributed by atoms with E-state index in [0.717, 1.165) is 16.7 Å². The summed E-state index contributed by atoms with van der Waals surface area (Å²) in [4.78, 5) is 28.7. The largest absolute Gasteiger partial charge is 0.314 e. The van der Waals surface area contributed by atoms with Crippen LogP contribution in [0.1, 0.15) is 21.5 Å². The van der Waals surface area contributed by atoms with E-state index in [-0.39, 0.29) is 15.9 Å². The molecule has 0 saturated carbocycles. The van der Waals surface area contributed by atoms with Crippen molar-refractivity contribution >= 4 is 21.7 Å². The maximum Gasteiger partial charge on any atom is 0.283 e. The van der Waals surface area contributed by atoms with Crippen molar-refractivity contribution in [3.05, 3.63) is 86.4 Å². The molecule has 4 nitrogen and oxygen atoms in total. The van der Waals surface area contributed by atoms with Gasteiger partial charge in [-0.05, 0) is 34.0 Å². The maximum atomic E-state index is 12.5. The number of carbonyl (C=O) groups excluding carboxylic acids is 1. The first-order chi connectivity index (χ1) is 12.0. The zero-order valence-electron chi connectivity index (χ0n) is 14.0. The highest BCUT2D eigenvalue weighted by Crippen LogP contribution is 2.25. The van der Waals surface area contributed by atoms with E-state index in [0.29, 0.717) is 17.7 Å². The zero-order chi connectivity index (χ0) is 18.0. The summed E-state index contributed by atoms with van der Waals surface area (Å²) in [5.41, 5.74) is 4.07. The van der Waals surface area contributed by atoms with Gasteiger partial charge in [0.15, 0.2) is 10.4 Å². The summed E-state index contributed by atoms with van der Waals surface area (Å²) in [6.45, 7) is 1.98. The van der Waals surface area contributed by atoms with Crippen molar-refractivity contribution in [3.8, 4) is 11.3 Å². The van der Waals surface area contributed by atoms with Gasteiger partial charge in [-0.15, -0.1) is 0 Å². The molecule has 1 heterocycles. The third kappa shape index (κ3) is 3.61. The smallest absolute Gasteiger partial charge is 0.283 e. The molecule has 1 aromatic heterocycles. The number of Topliss-reactive ketones (excluding diaryl/α,β-unsaturated/α-hetero) is 1. The van der Waals surface area contributed by atoms with E-state index >= 15 is 0 Å². The van der Waals surface area contributed by atoms with Gasteiger partial charge in [-0.25, -0.2) is 4.98 Å². The van der Waals surface area contributed by atoms with Gasteiger partial charge in [-0.3, -0.25) is 9.59 Å². The normalized spacial score (nSPS) is 10.7. The molecule has 0 radical (unpaired) electrons. The van der Waals surface area contributed by atoms with Gasteiger partial charge in [0.1, 0.15) is 0 Å². The molecule has 0 atom stereocenters. The Hall–Kier alpha value is -2.53. The maximum absolute atomic E-state index is 12.5. The fourth-order valence-corrected chi connectivity index (χ4v) is 3.22. The number of halogens is 1. The number of hydrogen-bond donors (Lipinski definition) is 0. The predicted octanol–water partition coefficient (Wildman–Crippen LogP) is 3.94. The van der Waals surface area contributed by atoms with Gasteiger partial charge in [0.2, 0.25) is 0 Å². The van der Waals surface area contributed by atoms with E-state index in [1.807, 2.05) is 55.5 Å². The van der Waals surface area contributed by atoms with Gasteiger partial charge in [0, 0.05) is 30.8 Å². The third-order valence-corrected chi connectivity index (χ3v) is 4.72. The van der Waals surface area contributed by atoms with E-state index in [1.54, 1.807) is 13.2 Å². The molecular formula is C20H17BrN2O2. The van der Waals surface area contributed by atoms with Gasteiger partial charge in [-0.2, -0.15) is 0 Å². The van der Waals surface area contributed by atoms with Crippen LogP contribution in [-0.2, 0) is 13.5 Å². The Kier molecular flexibility index (Phi) is 4.95. The Bertz CT molecular complexity index is 968. The summed E-state index contributed by atoms with van der Waals surface area (Å²) < 4.78 is 1.77. The van der Waals surface area contributed by atoms with Crippen molar-refractivity contribution in [1.29, 1.82) is 0 Å². The van der Waals surface area contributed by atoms with Gasteiger partial charge in [0.25, 0.3) is 5.56 Å². The van der Waals surface area contributed by atoms with Crippen molar-refractivity contribution in [2.45, 2.75) is 13.3 Å². The number of carbonyl (C=O) groups is 1. The monoisotopic (exact) mass is 396 g/mol. The average Bonchev–Trinajstić information content (AvgIpc) is 2.61. The van der Waals surface area contributed by atoms with Crippen LogP contribution in [0.25, 0.3) is 11.3 Å². The highest BCUT2D eigenvalue weighted by molar-refractivity contribution is 9.10. The Morgan fingerprint density at radius 2 is 1.84 bits per heavy atom. The first-order valence-corrected chi connectivity index (χ1v) is 8.67. The van der Waals surface area contributed by atoms with Crippen LogP contribution in [0.2, 0.25) is 0 Å². The summed E-state index contributed by atoms with van der Waals surface area (Å²) in [5.74, 6) is 0.0791. The van der Waals surface area contributed by atoms with E-state index < -0.39 is 0 Å². The molecular weight excluding hydrogens is 380 g/mol. The van der Waals surface area contributed by atoms with Gasteiger partial charge in [-0.1, -0.05) is 48.5 Å². The fourth-order valence-electron chi connectivity index (χ4n) is 2.75. The van der Waals surface area contributed by atoms with Crippen LogP contribution >= 0.6 is 15.9 Å². The minimum absolute atomic E-state index is 0.0791. The second kappa shape index (κ2) is 7.15. The van der Waals surface area contributed by atoms with Gasteiger partial charge < -0.3 is 4.57 Å². The number of rotatable bonds is 4. The summed E-state index contributed by atoms with van der Waals surface area (Å²) in [6.07, 6.45) is 2.04. The summed E-state index contributed by atoms with van der Waals surface area (Å²) in [5, 5.41) is 0. The molecule has 126 valence electrons. The summed E-state index contributed by atoms with van der Waals surface area (Å²) in [6, 6.07) is 15.1. The summed E-state index contributed by atoms with van der Waals surface area (Å²) >= 11 is 3.21. The van der Waals surface area contributed by atoms with Crippen LogP contribution in [0.3, 0.4) is 0 Å². The average molecular weight is 397 g/mol. The molecule has 0 bridgehead atoms. The minimum Gasteiger partial charge on any atom is -0.314 e. The Labute approximate surface area is 154 Å². The third-order valence-electron chi connectivity index (χ3n) is 4.20. The quantitative estimate of drug-likeness (QED) is 0.627. The molecule has 0 aliphatic carbocycles. The van der Waals surface area contributed by atoms with E-state index in [2.05, 4.69) is 20.9 Å². The Morgan fingerprint density at radius 1 is 1.12 bits per heavy atom. The van der Waals surface area contributed by atoms with Crippen molar-refractivity contribution in [3.63, 3.8) is 0 Å². The molecule has 0 unspecified atom stereocenters. The van der Waals surface area contributed by atoms with Crippen molar-refractivity contribution in [1.82, 2.24) is 9.55 Å². The summed E-state index contributed by atoms with van der Waals surface area (Å²) in [7, 11) is 1.69. The number of ketones is 1. The molecule has 2 aromatic carbocycles. The van der Waals surface area contributed by atoms with Crippen LogP contribution in [-0.4, -0.2) is 15.3 Å². The molecule has 0 N–H and O–H groups in total. The lowest BCUT2D eigenvalue weighted by Crippen LogP contribution is -2.18. The number of hydrogen-bond acceptors (Lipinski definition) is 3. The topological polar surface area (TPSA) is 52.0 Å². The van der Waals surface area contributed by atoms with Crippen LogP contribution in [0, 0.1) is 6.92 Å². The van der Waals surface area contributed by atoms with Crippen LogP contribution in [0.5, 0.6) is 0 Å². The molecule has 0 fully saturated rings. The van der Waals surface area contributed by atoms with Crippen molar-refractivity contribution < 1.29 is 4.79 Å². The first-order valence-electron chi connectivity index (χ1n) is 7.87. The minimum atomic E-state index is -0.184. The molecule has 3 rings (SSSR count). The molecule has 0 saturated heterocycles.